The molecule has 2 rings (SSSR count). The first-order valence-corrected chi connectivity index (χ1v) is 5.04. The van der Waals surface area contributed by atoms with E-state index in [1.54, 1.807) is 0 Å². The van der Waals surface area contributed by atoms with Crippen LogP contribution in [0.1, 0.15) is 40.0 Å². The summed E-state index contributed by atoms with van der Waals surface area (Å²) in [5.74, 6) is -0.383. The Morgan fingerprint density at radius 1 is 1.38 bits per heavy atom. The van der Waals surface area contributed by atoms with Gasteiger partial charge in [0, 0.05) is 6.42 Å². The Hall–Kier alpha value is -0.340. The summed E-state index contributed by atoms with van der Waals surface area (Å²) in [6.45, 7) is 7.26. The Morgan fingerprint density at radius 3 is 2.69 bits per heavy atom. The van der Waals surface area contributed by atoms with Crippen LogP contribution >= 0.6 is 0 Å². The maximum atomic E-state index is 5.99. The normalized spacial score (nSPS) is 37.9. The SMILES string of the molecule is CC1=C[C@@]2(CCCO2)OC(C)(C)C1. The molecule has 0 saturated carbocycles. The summed E-state index contributed by atoms with van der Waals surface area (Å²) in [7, 11) is 0. The van der Waals surface area contributed by atoms with E-state index < -0.39 is 0 Å². The fraction of sp³-hybridized carbons (Fsp3) is 0.818. The van der Waals surface area contributed by atoms with Crippen LogP contribution in [-0.4, -0.2) is 18.0 Å². The number of hydrogen-bond acceptors (Lipinski definition) is 2. The van der Waals surface area contributed by atoms with Crippen LogP contribution in [0.3, 0.4) is 0 Å². The van der Waals surface area contributed by atoms with Gasteiger partial charge in [-0.15, -0.1) is 0 Å². The molecule has 0 amide bonds. The van der Waals surface area contributed by atoms with Gasteiger partial charge in [-0.2, -0.15) is 0 Å². The number of ether oxygens (including phenoxy) is 2. The molecule has 0 aromatic heterocycles. The van der Waals surface area contributed by atoms with Gasteiger partial charge >= 0.3 is 0 Å². The van der Waals surface area contributed by atoms with Crippen molar-refractivity contribution >= 4 is 0 Å². The summed E-state index contributed by atoms with van der Waals surface area (Å²) in [5.41, 5.74) is 1.32. The molecule has 0 unspecified atom stereocenters. The van der Waals surface area contributed by atoms with Crippen molar-refractivity contribution in [3.63, 3.8) is 0 Å². The molecule has 74 valence electrons. The van der Waals surface area contributed by atoms with Gasteiger partial charge in [-0.05, 0) is 39.7 Å². The third-order valence-corrected chi connectivity index (χ3v) is 2.64. The lowest BCUT2D eigenvalue weighted by molar-refractivity contribution is -0.238. The highest BCUT2D eigenvalue weighted by molar-refractivity contribution is 5.14. The molecule has 2 aliphatic heterocycles. The minimum absolute atomic E-state index is 0.0663. The predicted molar refractivity (Wildman–Crippen MR) is 51.5 cm³/mol. The Kier molecular flexibility index (Phi) is 2.00. The quantitative estimate of drug-likeness (QED) is 0.536. The largest absolute Gasteiger partial charge is 0.346 e. The Bertz CT molecular complexity index is 234. The highest BCUT2D eigenvalue weighted by Gasteiger charge is 2.42. The van der Waals surface area contributed by atoms with E-state index in [0.717, 1.165) is 25.9 Å². The van der Waals surface area contributed by atoms with Crippen LogP contribution in [0.2, 0.25) is 0 Å². The lowest BCUT2D eigenvalue weighted by Crippen LogP contribution is -2.43. The monoisotopic (exact) mass is 182 g/mol. The van der Waals surface area contributed by atoms with Gasteiger partial charge in [-0.1, -0.05) is 5.57 Å². The van der Waals surface area contributed by atoms with E-state index in [2.05, 4.69) is 26.8 Å². The minimum Gasteiger partial charge on any atom is -0.346 e. The molecule has 1 atom stereocenters. The smallest absolute Gasteiger partial charge is 0.188 e. The first kappa shape index (κ1) is 9.22. The van der Waals surface area contributed by atoms with Gasteiger partial charge < -0.3 is 9.47 Å². The van der Waals surface area contributed by atoms with Crippen molar-refractivity contribution < 1.29 is 9.47 Å². The second-order valence-corrected chi connectivity index (χ2v) is 4.79. The first-order valence-electron chi connectivity index (χ1n) is 5.04. The molecule has 2 aliphatic rings. The molecule has 1 fully saturated rings. The first-order chi connectivity index (χ1) is 6.02. The molecule has 2 heteroatoms. The zero-order valence-corrected chi connectivity index (χ0v) is 8.72. The van der Waals surface area contributed by atoms with E-state index in [1.165, 1.54) is 5.57 Å². The Labute approximate surface area is 79.9 Å². The molecule has 0 aliphatic carbocycles. The molecular weight excluding hydrogens is 164 g/mol. The molecule has 13 heavy (non-hydrogen) atoms. The van der Waals surface area contributed by atoms with Gasteiger partial charge in [0.05, 0.1) is 12.2 Å². The van der Waals surface area contributed by atoms with Crippen molar-refractivity contribution in [2.75, 3.05) is 6.61 Å². The summed E-state index contributed by atoms with van der Waals surface area (Å²) in [6, 6.07) is 0. The van der Waals surface area contributed by atoms with Crippen molar-refractivity contribution in [1.29, 1.82) is 0 Å². The highest BCUT2D eigenvalue weighted by atomic mass is 16.7. The summed E-state index contributed by atoms with van der Waals surface area (Å²) >= 11 is 0. The maximum absolute atomic E-state index is 5.99. The fourth-order valence-corrected chi connectivity index (χ4v) is 2.46. The topological polar surface area (TPSA) is 18.5 Å². The van der Waals surface area contributed by atoms with Gasteiger partial charge in [0.25, 0.3) is 0 Å². The summed E-state index contributed by atoms with van der Waals surface area (Å²) in [4.78, 5) is 0. The van der Waals surface area contributed by atoms with Gasteiger partial charge in [0.2, 0.25) is 0 Å². The van der Waals surface area contributed by atoms with Crippen molar-refractivity contribution in [3.8, 4) is 0 Å². The van der Waals surface area contributed by atoms with Crippen molar-refractivity contribution in [2.24, 2.45) is 0 Å². The van der Waals surface area contributed by atoms with Crippen LogP contribution in [0.25, 0.3) is 0 Å². The van der Waals surface area contributed by atoms with Gasteiger partial charge in [0.15, 0.2) is 5.79 Å². The van der Waals surface area contributed by atoms with Crippen LogP contribution < -0.4 is 0 Å². The van der Waals surface area contributed by atoms with E-state index in [0.29, 0.717) is 0 Å². The molecule has 1 saturated heterocycles. The van der Waals surface area contributed by atoms with Crippen LogP contribution in [0.15, 0.2) is 11.6 Å². The minimum atomic E-state index is -0.383. The summed E-state index contributed by atoms with van der Waals surface area (Å²) in [5, 5.41) is 0. The molecule has 2 nitrogen and oxygen atoms in total. The van der Waals surface area contributed by atoms with Gasteiger partial charge in [-0.25, -0.2) is 0 Å². The third-order valence-electron chi connectivity index (χ3n) is 2.64. The lowest BCUT2D eigenvalue weighted by Gasteiger charge is -2.40. The average molecular weight is 182 g/mol. The van der Waals surface area contributed by atoms with E-state index in [9.17, 15) is 0 Å². The summed E-state index contributed by atoms with van der Waals surface area (Å²) < 4.78 is 11.7. The van der Waals surface area contributed by atoms with Crippen LogP contribution in [0, 0.1) is 0 Å². The molecule has 0 N–H and O–H groups in total. The number of hydrogen-bond donors (Lipinski definition) is 0. The summed E-state index contributed by atoms with van der Waals surface area (Å²) in [6.07, 6.45) is 5.29. The molecule has 0 aromatic rings. The van der Waals surface area contributed by atoms with E-state index in [1.807, 2.05) is 0 Å². The predicted octanol–water partition coefficient (Wildman–Crippen LogP) is 2.64. The van der Waals surface area contributed by atoms with Crippen molar-refractivity contribution in [2.45, 2.75) is 51.4 Å². The van der Waals surface area contributed by atoms with E-state index >= 15 is 0 Å². The highest BCUT2D eigenvalue weighted by Crippen LogP contribution is 2.40. The second-order valence-electron chi connectivity index (χ2n) is 4.79. The Morgan fingerprint density at radius 2 is 2.15 bits per heavy atom. The Balaban J connectivity index is 2.25. The standard InChI is InChI=1S/C11H18O2/c1-9-7-10(2,3)13-11(8-9)5-4-6-12-11/h8H,4-7H2,1-3H3/t11-/m1/s1. The molecular formula is C11H18O2. The van der Waals surface area contributed by atoms with Gasteiger partial charge in [0.1, 0.15) is 0 Å². The maximum Gasteiger partial charge on any atom is 0.188 e. The van der Waals surface area contributed by atoms with Gasteiger partial charge in [-0.3, -0.25) is 0 Å². The van der Waals surface area contributed by atoms with Crippen molar-refractivity contribution in [1.82, 2.24) is 0 Å². The van der Waals surface area contributed by atoms with Crippen molar-refractivity contribution in [3.05, 3.63) is 11.6 Å². The average Bonchev–Trinajstić information content (AvgIpc) is 2.31. The van der Waals surface area contributed by atoms with Crippen LogP contribution in [0.4, 0.5) is 0 Å². The molecule has 1 spiro atoms. The van der Waals surface area contributed by atoms with Crippen LogP contribution in [-0.2, 0) is 9.47 Å². The zero-order valence-electron chi connectivity index (χ0n) is 8.72. The second kappa shape index (κ2) is 2.82. The van der Waals surface area contributed by atoms with E-state index in [4.69, 9.17) is 9.47 Å². The molecule has 0 radical (unpaired) electrons. The lowest BCUT2D eigenvalue weighted by atomic mass is 9.92. The third kappa shape index (κ3) is 1.79. The zero-order chi connectivity index (χ0) is 9.53. The molecule has 2 heterocycles. The number of rotatable bonds is 0. The molecule has 0 aromatic carbocycles. The van der Waals surface area contributed by atoms with E-state index in [-0.39, 0.29) is 11.4 Å². The molecule has 0 bridgehead atoms. The van der Waals surface area contributed by atoms with Crippen LogP contribution in [0.5, 0.6) is 0 Å². The fourth-order valence-electron chi connectivity index (χ4n) is 2.46.